The molecular weight excluding hydrogens is 590 g/mol. The van der Waals surface area contributed by atoms with Gasteiger partial charge in [0.25, 0.3) is 0 Å². The van der Waals surface area contributed by atoms with Gasteiger partial charge in [-0.1, -0.05) is 19.1 Å². The van der Waals surface area contributed by atoms with Crippen LogP contribution in [-0.4, -0.2) is 76.6 Å². The molecule has 0 bridgehead atoms. The quantitative estimate of drug-likeness (QED) is 0.0950. The predicted molar refractivity (Wildman–Crippen MR) is 159 cm³/mol. The van der Waals surface area contributed by atoms with Crippen molar-refractivity contribution in [3.05, 3.63) is 89.5 Å². The number of ether oxygens (including phenoxy) is 3. The number of carboxylic acid groups (broad SMARTS) is 2. The van der Waals surface area contributed by atoms with Crippen LogP contribution in [0.5, 0.6) is 11.5 Å². The monoisotopic (exact) mass is 621 g/mol. The van der Waals surface area contributed by atoms with E-state index in [1.807, 2.05) is 31.2 Å². The number of aliphatic hydroxyl groups is 1. The Hall–Kier alpha value is -5.76. The number of hydrogen-bond acceptors (Lipinski definition) is 11. The number of hydrogen-bond donors (Lipinski definition) is 5. The number of carbonyl (C=O) groups excluding carboxylic acids is 3. The van der Waals surface area contributed by atoms with Crippen molar-refractivity contribution >= 4 is 41.0 Å². The Morgan fingerprint density at radius 3 is 1.84 bits per heavy atom. The Balaban J connectivity index is 0.000000305. The summed E-state index contributed by atoms with van der Waals surface area (Å²) in [6.45, 7) is 1.99. The van der Waals surface area contributed by atoms with Gasteiger partial charge in [-0.15, -0.1) is 0 Å². The summed E-state index contributed by atoms with van der Waals surface area (Å²) in [5, 5.41) is 33.1. The first kappa shape index (κ1) is 33.7. The minimum Gasteiger partial charge on any atom is -0.497 e. The number of Topliss-reactive ketones (excluding diaryl/α,β-unsaturated/α-hetero) is 1. The van der Waals surface area contributed by atoms with Crippen LogP contribution >= 0.6 is 0 Å². The smallest absolute Gasteiger partial charge is 0.360 e. The van der Waals surface area contributed by atoms with Crippen LogP contribution in [0.15, 0.2) is 77.9 Å². The number of hydrazone groups is 1. The molecular formula is C31H31N3O11. The van der Waals surface area contributed by atoms with Crippen LogP contribution in [0.3, 0.4) is 0 Å². The van der Waals surface area contributed by atoms with Gasteiger partial charge < -0.3 is 35.3 Å². The van der Waals surface area contributed by atoms with Crippen LogP contribution in [0.4, 0.5) is 5.69 Å². The molecule has 6 N–H and O–H groups in total. The molecule has 3 aromatic carbocycles. The van der Waals surface area contributed by atoms with Crippen LogP contribution in [0, 0.1) is 5.92 Å². The summed E-state index contributed by atoms with van der Waals surface area (Å²) in [6, 6.07) is 17.6. The first-order valence-electron chi connectivity index (χ1n) is 13.3. The summed E-state index contributed by atoms with van der Waals surface area (Å²) in [4.78, 5) is 60.0. The molecule has 3 atom stereocenters. The molecule has 236 valence electrons. The standard InChI is InChI=1S/C20H18O10.C11H13N3O/c1-28-13-7-3-11(4-8-13)15(21)20(19(26)27,16(22)17(23)24)30-18(25)12-5-9-14(29-2)10-6-12;1-7-6-10(15)13-14-11(7)8-2-4-9(12)5-3-8/h3-10,16,22H,1-2H3,(H,23,24)(H,26,27);2-5,7H,6,12H2,1H3,(H,13,15)/t16-,20+;/m0./s1. The van der Waals surface area contributed by atoms with Crippen LogP contribution in [0.25, 0.3) is 0 Å². The normalized spacial score (nSPS) is 15.9. The minimum absolute atomic E-state index is 0.0262. The number of nitrogen functional groups attached to an aromatic ring is 1. The first-order valence-corrected chi connectivity index (χ1v) is 13.3. The van der Waals surface area contributed by atoms with E-state index in [0.717, 1.165) is 29.1 Å². The number of ketones is 1. The molecule has 0 aromatic heterocycles. The summed E-state index contributed by atoms with van der Waals surface area (Å²) in [7, 11) is 2.75. The Labute approximate surface area is 257 Å². The molecule has 1 amide bonds. The van der Waals surface area contributed by atoms with Crippen molar-refractivity contribution in [2.24, 2.45) is 11.0 Å². The maximum Gasteiger partial charge on any atom is 0.360 e. The molecule has 3 aromatic rings. The molecule has 0 radical (unpaired) electrons. The third-order valence-corrected chi connectivity index (χ3v) is 6.67. The zero-order valence-electron chi connectivity index (χ0n) is 24.4. The molecule has 14 heteroatoms. The molecule has 14 nitrogen and oxygen atoms in total. The van der Waals surface area contributed by atoms with E-state index in [-0.39, 0.29) is 23.0 Å². The van der Waals surface area contributed by atoms with Crippen LogP contribution in [0.1, 0.15) is 39.6 Å². The SMILES string of the molecule is CC1CC(=O)NN=C1c1ccc(N)cc1.COc1ccc(C(=O)O[C@](C(=O)O)(C(=O)c2ccc(OC)cc2)[C@@H](O)C(=O)O)cc1. The maximum absolute atomic E-state index is 13.0. The molecule has 0 fully saturated rings. The average molecular weight is 622 g/mol. The van der Waals surface area contributed by atoms with Crippen molar-refractivity contribution in [2.45, 2.75) is 25.0 Å². The lowest BCUT2D eigenvalue weighted by atomic mass is 9.86. The van der Waals surface area contributed by atoms with E-state index in [2.05, 4.69) is 10.5 Å². The van der Waals surface area contributed by atoms with Gasteiger partial charge in [0.2, 0.25) is 17.8 Å². The topological polar surface area (TPSA) is 224 Å². The zero-order valence-corrected chi connectivity index (χ0v) is 24.4. The number of nitrogens with zero attached hydrogens (tertiary/aromatic N) is 1. The number of rotatable bonds is 10. The highest BCUT2D eigenvalue weighted by Gasteiger charge is 2.59. The summed E-state index contributed by atoms with van der Waals surface area (Å²) in [6.07, 6.45) is -2.39. The van der Waals surface area contributed by atoms with Gasteiger partial charge >= 0.3 is 23.5 Å². The molecule has 0 aliphatic carbocycles. The van der Waals surface area contributed by atoms with Crippen molar-refractivity contribution < 1.29 is 53.5 Å². The molecule has 0 spiro atoms. The number of nitrogens with one attached hydrogen (secondary N) is 1. The number of benzene rings is 3. The van der Waals surface area contributed by atoms with Crippen LogP contribution < -0.4 is 20.6 Å². The second kappa shape index (κ2) is 14.6. The van der Waals surface area contributed by atoms with Crippen molar-refractivity contribution in [3.63, 3.8) is 0 Å². The second-order valence-corrected chi connectivity index (χ2v) is 9.72. The van der Waals surface area contributed by atoms with E-state index in [1.165, 1.54) is 50.6 Å². The summed E-state index contributed by atoms with van der Waals surface area (Å²) >= 11 is 0. The predicted octanol–water partition coefficient (Wildman–Crippen LogP) is 2.14. The highest BCUT2D eigenvalue weighted by atomic mass is 16.6. The molecule has 1 unspecified atom stereocenters. The zero-order chi connectivity index (χ0) is 33.3. The van der Waals surface area contributed by atoms with Crippen LogP contribution in [-0.2, 0) is 19.1 Å². The van der Waals surface area contributed by atoms with E-state index < -0.39 is 35.4 Å². The fraction of sp³-hybridized carbons (Fsp3) is 0.226. The van der Waals surface area contributed by atoms with Gasteiger partial charge in [0.05, 0.1) is 25.5 Å². The lowest BCUT2D eigenvalue weighted by molar-refractivity contribution is -0.176. The van der Waals surface area contributed by atoms with Crippen molar-refractivity contribution in [3.8, 4) is 11.5 Å². The molecule has 0 saturated carbocycles. The average Bonchev–Trinajstić information content (AvgIpc) is 3.03. The van der Waals surface area contributed by atoms with Gasteiger partial charge in [-0.2, -0.15) is 5.10 Å². The van der Waals surface area contributed by atoms with Crippen LogP contribution in [0.2, 0.25) is 0 Å². The number of aliphatic carboxylic acids is 2. The van der Waals surface area contributed by atoms with E-state index in [4.69, 9.17) is 19.9 Å². The van der Waals surface area contributed by atoms with Crippen molar-refractivity contribution in [2.75, 3.05) is 20.0 Å². The fourth-order valence-corrected chi connectivity index (χ4v) is 4.20. The Kier molecular flexibility index (Phi) is 11.0. The number of amides is 1. The number of methoxy groups -OCH3 is 2. The number of aliphatic hydroxyl groups excluding tert-OH is 1. The van der Waals surface area contributed by atoms with E-state index in [0.29, 0.717) is 17.9 Å². The molecule has 1 aliphatic heterocycles. The third kappa shape index (κ3) is 7.80. The van der Waals surface area contributed by atoms with Gasteiger partial charge in [-0.25, -0.2) is 19.8 Å². The highest BCUT2D eigenvalue weighted by molar-refractivity contribution is 6.19. The van der Waals surface area contributed by atoms with Gasteiger partial charge in [0.15, 0.2) is 0 Å². The molecule has 45 heavy (non-hydrogen) atoms. The molecule has 1 aliphatic rings. The minimum atomic E-state index is -3.43. The fourth-order valence-electron chi connectivity index (χ4n) is 4.20. The Morgan fingerprint density at radius 1 is 0.889 bits per heavy atom. The lowest BCUT2D eigenvalue weighted by Gasteiger charge is -2.30. The van der Waals surface area contributed by atoms with Gasteiger partial charge in [-0.3, -0.25) is 9.59 Å². The lowest BCUT2D eigenvalue weighted by Crippen LogP contribution is -2.61. The Bertz CT molecular complexity index is 1590. The Morgan fingerprint density at radius 2 is 1.40 bits per heavy atom. The van der Waals surface area contributed by atoms with E-state index >= 15 is 0 Å². The number of esters is 1. The number of nitrogens with two attached hydrogens (primary N) is 1. The van der Waals surface area contributed by atoms with Crippen molar-refractivity contribution in [1.82, 2.24) is 5.43 Å². The maximum atomic E-state index is 13.0. The van der Waals surface area contributed by atoms with Gasteiger partial charge in [-0.05, 0) is 66.2 Å². The number of anilines is 1. The largest absolute Gasteiger partial charge is 0.497 e. The molecule has 4 rings (SSSR count). The first-order chi connectivity index (χ1) is 21.3. The number of carbonyl (C=O) groups is 5. The van der Waals surface area contributed by atoms with Gasteiger partial charge in [0.1, 0.15) is 11.5 Å². The molecule has 1 heterocycles. The van der Waals surface area contributed by atoms with Gasteiger partial charge in [0, 0.05) is 23.6 Å². The van der Waals surface area contributed by atoms with E-state index in [1.54, 1.807) is 0 Å². The third-order valence-electron chi connectivity index (χ3n) is 6.67. The summed E-state index contributed by atoms with van der Waals surface area (Å²) in [5.74, 6) is -6.14. The second-order valence-electron chi connectivity index (χ2n) is 9.72. The summed E-state index contributed by atoms with van der Waals surface area (Å²) < 4.78 is 14.8. The van der Waals surface area contributed by atoms with E-state index in [9.17, 15) is 39.3 Å². The number of carboxylic acids is 2. The highest BCUT2D eigenvalue weighted by Crippen LogP contribution is 2.27. The summed E-state index contributed by atoms with van der Waals surface area (Å²) in [5.41, 5.74) is 6.80. The van der Waals surface area contributed by atoms with Crippen molar-refractivity contribution in [1.29, 1.82) is 0 Å². The molecule has 0 saturated heterocycles.